The second-order valence-corrected chi connectivity index (χ2v) is 3.51. The van der Waals surface area contributed by atoms with Crippen molar-refractivity contribution < 1.29 is 17.6 Å². The van der Waals surface area contributed by atoms with Crippen molar-refractivity contribution in [3.8, 4) is 0 Å². The van der Waals surface area contributed by atoms with Gasteiger partial charge in [0.15, 0.2) is 5.82 Å². The Morgan fingerprint density at radius 3 is 2.71 bits per heavy atom. The molecule has 1 aromatic heterocycles. The van der Waals surface area contributed by atoms with Gasteiger partial charge in [0, 0.05) is 0 Å². The molecule has 0 amide bonds. The van der Waals surface area contributed by atoms with Crippen LogP contribution >= 0.6 is 12.2 Å². The van der Waals surface area contributed by atoms with Crippen molar-refractivity contribution in [3.63, 3.8) is 0 Å². The smallest absolute Gasteiger partial charge is 0.324 e. The van der Waals surface area contributed by atoms with E-state index in [9.17, 15) is 17.6 Å². The third kappa shape index (κ3) is 3.48. The summed E-state index contributed by atoms with van der Waals surface area (Å²) < 4.78 is 49.1. The van der Waals surface area contributed by atoms with Crippen molar-refractivity contribution in [3.05, 3.63) is 17.8 Å². The standard InChI is InChI=1S/C8H8F4N4S/c9-7(10)8(11,12)3-14-6-4(5(13)17)1-2-15-16-6/h1-2,7H,3H2,(H2,13,17)(H,14,16). The fourth-order valence-corrected chi connectivity index (χ4v) is 1.10. The average Bonchev–Trinajstić information content (AvgIpc) is 2.26. The molecule has 0 aliphatic rings. The van der Waals surface area contributed by atoms with Crippen molar-refractivity contribution in [1.82, 2.24) is 10.2 Å². The zero-order valence-corrected chi connectivity index (χ0v) is 9.15. The van der Waals surface area contributed by atoms with Gasteiger partial charge in [-0.1, -0.05) is 12.2 Å². The van der Waals surface area contributed by atoms with Crippen LogP contribution in [0.2, 0.25) is 0 Å². The fourth-order valence-electron chi connectivity index (χ4n) is 0.940. The Hall–Kier alpha value is -1.51. The molecule has 0 aliphatic carbocycles. The topological polar surface area (TPSA) is 63.8 Å². The zero-order chi connectivity index (χ0) is 13.1. The Morgan fingerprint density at radius 1 is 1.53 bits per heavy atom. The van der Waals surface area contributed by atoms with E-state index in [1.54, 1.807) is 0 Å². The molecule has 3 N–H and O–H groups in total. The van der Waals surface area contributed by atoms with Gasteiger partial charge in [0.1, 0.15) is 4.99 Å². The maximum absolute atomic E-state index is 12.6. The summed E-state index contributed by atoms with van der Waals surface area (Å²) in [6.45, 7) is -1.28. The van der Waals surface area contributed by atoms with E-state index < -0.39 is 18.9 Å². The molecule has 1 aromatic rings. The van der Waals surface area contributed by atoms with Gasteiger partial charge < -0.3 is 11.1 Å². The van der Waals surface area contributed by atoms with Gasteiger partial charge in [-0.3, -0.25) is 0 Å². The van der Waals surface area contributed by atoms with Crippen LogP contribution in [0.15, 0.2) is 12.3 Å². The number of thiocarbonyl (C=S) groups is 1. The van der Waals surface area contributed by atoms with Gasteiger partial charge in [-0.2, -0.15) is 13.9 Å². The molecule has 4 nitrogen and oxygen atoms in total. The highest BCUT2D eigenvalue weighted by atomic mass is 32.1. The molecule has 0 radical (unpaired) electrons. The van der Waals surface area contributed by atoms with Crippen LogP contribution in [0, 0.1) is 0 Å². The minimum atomic E-state index is -4.16. The van der Waals surface area contributed by atoms with Crippen LogP contribution in [-0.4, -0.2) is 34.1 Å². The Labute approximate surface area is 99.2 Å². The number of rotatable bonds is 5. The number of nitrogens with zero attached hydrogens (tertiary/aromatic N) is 2. The summed E-state index contributed by atoms with van der Waals surface area (Å²) in [5, 5.41) is 8.91. The molecular formula is C8H8F4N4S. The SMILES string of the molecule is NC(=S)c1ccnnc1NCC(F)(F)C(F)F. The summed E-state index contributed by atoms with van der Waals surface area (Å²) in [6.07, 6.45) is -2.51. The van der Waals surface area contributed by atoms with E-state index >= 15 is 0 Å². The lowest BCUT2D eigenvalue weighted by atomic mass is 10.2. The molecule has 0 saturated carbocycles. The highest BCUT2D eigenvalue weighted by Gasteiger charge is 2.40. The van der Waals surface area contributed by atoms with E-state index in [2.05, 4.69) is 22.4 Å². The molecule has 0 saturated heterocycles. The first-order chi connectivity index (χ1) is 7.84. The minimum absolute atomic E-state index is 0.0947. The first-order valence-electron chi connectivity index (χ1n) is 4.36. The molecule has 9 heteroatoms. The lowest BCUT2D eigenvalue weighted by Gasteiger charge is -2.16. The maximum Gasteiger partial charge on any atom is 0.324 e. The Morgan fingerprint density at radius 2 is 2.18 bits per heavy atom. The number of anilines is 1. The lowest BCUT2D eigenvalue weighted by Crippen LogP contribution is -2.35. The molecule has 0 unspecified atom stereocenters. The lowest BCUT2D eigenvalue weighted by molar-refractivity contribution is -0.117. The van der Waals surface area contributed by atoms with Crippen LogP contribution in [0.25, 0.3) is 0 Å². The van der Waals surface area contributed by atoms with Gasteiger partial charge >= 0.3 is 12.3 Å². The molecule has 0 aliphatic heterocycles. The second-order valence-electron chi connectivity index (χ2n) is 3.07. The van der Waals surface area contributed by atoms with Crippen LogP contribution in [-0.2, 0) is 0 Å². The van der Waals surface area contributed by atoms with E-state index in [4.69, 9.17) is 5.73 Å². The Balaban J connectivity index is 2.79. The molecule has 0 fully saturated rings. The quantitative estimate of drug-likeness (QED) is 0.624. The molecule has 1 heterocycles. The second kappa shape index (κ2) is 5.21. The van der Waals surface area contributed by atoms with Crippen molar-refractivity contribution in [2.75, 3.05) is 11.9 Å². The van der Waals surface area contributed by atoms with Gasteiger partial charge in [-0.15, -0.1) is 5.10 Å². The van der Waals surface area contributed by atoms with Crippen molar-refractivity contribution in [2.24, 2.45) is 5.73 Å². The van der Waals surface area contributed by atoms with Crippen LogP contribution in [0.3, 0.4) is 0 Å². The first kappa shape index (κ1) is 13.6. The summed E-state index contributed by atoms with van der Waals surface area (Å²) in [7, 11) is 0. The van der Waals surface area contributed by atoms with E-state index in [1.807, 2.05) is 5.32 Å². The van der Waals surface area contributed by atoms with Gasteiger partial charge in [0.05, 0.1) is 18.3 Å². The Bertz CT molecular complexity index is 412. The van der Waals surface area contributed by atoms with Gasteiger partial charge in [-0.25, -0.2) is 8.78 Å². The summed E-state index contributed by atoms with van der Waals surface area (Å²) in [5.41, 5.74) is 5.47. The normalized spacial score (nSPS) is 11.6. The molecule has 94 valence electrons. The summed E-state index contributed by atoms with van der Waals surface area (Å²) >= 11 is 4.64. The Kier molecular flexibility index (Phi) is 4.16. The third-order valence-electron chi connectivity index (χ3n) is 1.80. The monoisotopic (exact) mass is 268 g/mol. The predicted molar refractivity (Wildman–Crippen MR) is 57.4 cm³/mol. The summed E-state index contributed by atoms with van der Waals surface area (Å²) in [5.74, 6) is -4.31. The third-order valence-corrected chi connectivity index (χ3v) is 2.02. The van der Waals surface area contributed by atoms with Crippen LogP contribution < -0.4 is 11.1 Å². The van der Waals surface area contributed by atoms with E-state index in [1.165, 1.54) is 12.3 Å². The summed E-state index contributed by atoms with van der Waals surface area (Å²) in [6, 6.07) is 1.35. The first-order valence-corrected chi connectivity index (χ1v) is 4.77. The van der Waals surface area contributed by atoms with Gasteiger partial charge in [0.25, 0.3) is 0 Å². The van der Waals surface area contributed by atoms with Gasteiger partial charge in [-0.05, 0) is 6.07 Å². The fraction of sp³-hybridized carbons (Fsp3) is 0.375. The number of hydrogen-bond donors (Lipinski definition) is 2. The molecule has 0 bridgehead atoms. The average molecular weight is 268 g/mol. The largest absolute Gasteiger partial charge is 0.389 e. The highest BCUT2D eigenvalue weighted by Crippen LogP contribution is 2.23. The number of aromatic nitrogens is 2. The minimum Gasteiger partial charge on any atom is -0.389 e. The number of nitrogens with two attached hydrogens (primary N) is 1. The number of nitrogens with one attached hydrogen (secondary N) is 1. The van der Waals surface area contributed by atoms with Gasteiger partial charge in [0.2, 0.25) is 0 Å². The molecule has 1 rings (SSSR count). The number of alkyl halides is 4. The molecule has 0 aromatic carbocycles. The van der Waals surface area contributed by atoms with Crippen molar-refractivity contribution in [2.45, 2.75) is 12.3 Å². The molecular weight excluding hydrogens is 260 g/mol. The molecule has 0 spiro atoms. The number of hydrogen-bond acceptors (Lipinski definition) is 4. The van der Waals surface area contributed by atoms with Crippen molar-refractivity contribution >= 4 is 23.0 Å². The highest BCUT2D eigenvalue weighted by molar-refractivity contribution is 7.80. The number of halogens is 4. The van der Waals surface area contributed by atoms with Crippen LogP contribution in [0.5, 0.6) is 0 Å². The van der Waals surface area contributed by atoms with E-state index in [0.29, 0.717) is 0 Å². The molecule has 0 atom stereocenters. The van der Waals surface area contributed by atoms with Crippen LogP contribution in [0.4, 0.5) is 23.4 Å². The maximum atomic E-state index is 12.6. The molecule has 17 heavy (non-hydrogen) atoms. The van der Waals surface area contributed by atoms with E-state index in [0.717, 1.165) is 0 Å². The summed E-state index contributed by atoms with van der Waals surface area (Å²) in [4.78, 5) is -0.0947. The van der Waals surface area contributed by atoms with E-state index in [-0.39, 0.29) is 16.4 Å². The van der Waals surface area contributed by atoms with Crippen LogP contribution in [0.1, 0.15) is 5.56 Å². The van der Waals surface area contributed by atoms with Crippen molar-refractivity contribution in [1.29, 1.82) is 0 Å². The predicted octanol–water partition coefficient (Wildman–Crippen LogP) is 1.42. The zero-order valence-electron chi connectivity index (χ0n) is 8.33.